The third kappa shape index (κ3) is 2.59. The summed E-state index contributed by atoms with van der Waals surface area (Å²) in [5, 5.41) is 0.547. The number of ether oxygens (including phenoxy) is 4. The average molecular weight is 298 g/mol. The second kappa shape index (κ2) is 5.09. The number of rotatable bonds is 3. The van der Waals surface area contributed by atoms with Gasteiger partial charge < -0.3 is 24.7 Å². The molecule has 6 nitrogen and oxygen atoms in total. The molecular weight excluding hydrogens is 280 g/mol. The Morgan fingerprint density at radius 1 is 1.45 bits per heavy atom. The SMILES string of the molecule is COC1C(C=Cc2cnc(N)s2)OC2OC(C)(C)OC21. The zero-order chi connectivity index (χ0) is 14.3. The second-order valence-electron chi connectivity index (χ2n) is 5.23. The quantitative estimate of drug-likeness (QED) is 0.914. The molecule has 3 heterocycles. The van der Waals surface area contributed by atoms with Gasteiger partial charge in [-0.3, -0.25) is 0 Å². The summed E-state index contributed by atoms with van der Waals surface area (Å²) in [6.07, 6.45) is 4.57. The highest BCUT2D eigenvalue weighted by Gasteiger charge is 2.54. The number of hydrogen-bond acceptors (Lipinski definition) is 7. The van der Waals surface area contributed by atoms with E-state index >= 15 is 0 Å². The number of anilines is 1. The van der Waals surface area contributed by atoms with E-state index in [1.54, 1.807) is 13.3 Å². The van der Waals surface area contributed by atoms with Crippen molar-refractivity contribution in [2.45, 2.75) is 44.2 Å². The summed E-state index contributed by atoms with van der Waals surface area (Å²) in [6.45, 7) is 3.73. The van der Waals surface area contributed by atoms with Crippen LogP contribution >= 0.6 is 11.3 Å². The summed E-state index contributed by atoms with van der Waals surface area (Å²) >= 11 is 1.42. The topological polar surface area (TPSA) is 75.8 Å². The van der Waals surface area contributed by atoms with E-state index in [1.165, 1.54) is 11.3 Å². The smallest absolute Gasteiger partial charge is 0.190 e. The Kier molecular flexibility index (Phi) is 3.55. The lowest BCUT2D eigenvalue weighted by Gasteiger charge is -2.23. The number of thiazole rings is 1. The predicted octanol–water partition coefficient (Wildman–Crippen LogP) is 1.63. The standard InChI is InChI=1S/C13H18N2O4S/c1-13(2)18-10-9(16-3)8(17-11(10)19-13)5-4-7-6-15-12(14)20-7/h4-6,8-11H,1-3H3,(H2,14,15). The van der Waals surface area contributed by atoms with Crippen LogP contribution in [0.1, 0.15) is 18.7 Å². The van der Waals surface area contributed by atoms with Crippen LogP contribution in [-0.4, -0.2) is 42.5 Å². The van der Waals surface area contributed by atoms with Gasteiger partial charge in [0.25, 0.3) is 0 Å². The molecule has 1 aromatic rings. The van der Waals surface area contributed by atoms with E-state index in [0.29, 0.717) is 5.13 Å². The van der Waals surface area contributed by atoms with Crippen LogP contribution in [0.3, 0.4) is 0 Å². The molecule has 4 unspecified atom stereocenters. The molecule has 2 fully saturated rings. The monoisotopic (exact) mass is 298 g/mol. The highest BCUT2D eigenvalue weighted by atomic mass is 32.1. The highest BCUT2D eigenvalue weighted by Crippen LogP contribution is 2.39. The lowest BCUT2D eigenvalue weighted by molar-refractivity contribution is -0.210. The zero-order valence-corrected chi connectivity index (χ0v) is 12.4. The maximum Gasteiger partial charge on any atom is 0.190 e. The molecule has 4 atom stereocenters. The normalized spacial score (nSPS) is 35.8. The van der Waals surface area contributed by atoms with Crippen molar-refractivity contribution in [2.24, 2.45) is 0 Å². The predicted molar refractivity (Wildman–Crippen MR) is 75.1 cm³/mol. The summed E-state index contributed by atoms with van der Waals surface area (Å²) in [7, 11) is 1.65. The molecule has 20 heavy (non-hydrogen) atoms. The van der Waals surface area contributed by atoms with Crippen molar-refractivity contribution in [3.05, 3.63) is 17.2 Å². The molecule has 0 saturated carbocycles. The summed E-state index contributed by atoms with van der Waals surface area (Å²) in [5.74, 6) is -0.632. The first-order valence-corrected chi connectivity index (χ1v) is 7.23. The Hall–Kier alpha value is -0.990. The number of aromatic nitrogens is 1. The molecule has 2 saturated heterocycles. The molecule has 0 bridgehead atoms. The molecule has 3 rings (SSSR count). The molecule has 110 valence electrons. The lowest BCUT2D eigenvalue weighted by Crippen LogP contribution is -2.35. The van der Waals surface area contributed by atoms with Gasteiger partial charge >= 0.3 is 0 Å². The summed E-state index contributed by atoms with van der Waals surface area (Å²) < 4.78 is 22.9. The first-order valence-electron chi connectivity index (χ1n) is 6.42. The number of methoxy groups -OCH3 is 1. The highest BCUT2D eigenvalue weighted by molar-refractivity contribution is 7.16. The lowest BCUT2D eigenvalue weighted by atomic mass is 10.1. The minimum atomic E-state index is -0.632. The third-order valence-electron chi connectivity index (χ3n) is 3.29. The van der Waals surface area contributed by atoms with Crippen LogP contribution < -0.4 is 5.73 Å². The van der Waals surface area contributed by atoms with Crippen molar-refractivity contribution in [2.75, 3.05) is 12.8 Å². The van der Waals surface area contributed by atoms with E-state index in [0.717, 1.165) is 4.88 Å². The van der Waals surface area contributed by atoms with E-state index in [4.69, 9.17) is 24.7 Å². The Balaban J connectivity index is 1.71. The van der Waals surface area contributed by atoms with E-state index in [-0.39, 0.29) is 18.3 Å². The average Bonchev–Trinajstić information content (AvgIpc) is 2.98. The molecule has 0 spiro atoms. The first-order chi connectivity index (χ1) is 9.48. The second-order valence-corrected chi connectivity index (χ2v) is 6.32. The van der Waals surface area contributed by atoms with E-state index in [1.807, 2.05) is 26.0 Å². The van der Waals surface area contributed by atoms with Gasteiger partial charge in [0.2, 0.25) is 0 Å². The van der Waals surface area contributed by atoms with Crippen molar-refractivity contribution < 1.29 is 18.9 Å². The summed E-state index contributed by atoms with van der Waals surface area (Å²) in [6, 6.07) is 0. The van der Waals surface area contributed by atoms with Gasteiger partial charge in [-0.25, -0.2) is 4.98 Å². The Morgan fingerprint density at radius 2 is 2.25 bits per heavy atom. The molecule has 0 radical (unpaired) electrons. The van der Waals surface area contributed by atoms with Crippen LogP contribution in [0.4, 0.5) is 5.13 Å². The molecule has 2 aliphatic heterocycles. The fourth-order valence-corrected chi connectivity index (χ4v) is 3.09. The van der Waals surface area contributed by atoms with Gasteiger partial charge in [0.15, 0.2) is 17.2 Å². The van der Waals surface area contributed by atoms with Crippen molar-refractivity contribution in [3.63, 3.8) is 0 Å². The van der Waals surface area contributed by atoms with Crippen molar-refractivity contribution >= 4 is 22.5 Å². The molecule has 0 amide bonds. The number of nitrogens with zero attached hydrogens (tertiary/aromatic N) is 1. The van der Waals surface area contributed by atoms with Crippen molar-refractivity contribution in [3.8, 4) is 0 Å². The third-order valence-corrected chi connectivity index (χ3v) is 4.08. The molecule has 7 heteroatoms. The van der Waals surface area contributed by atoms with Crippen LogP contribution in [-0.2, 0) is 18.9 Å². The molecular formula is C13H18N2O4S. The summed E-state index contributed by atoms with van der Waals surface area (Å²) in [4.78, 5) is 4.97. The molecule has 0 aromatic carbocycles. The van der Waals surface area contributed by atoms with Crippen LogP contribution in [0.15, 0.2) is 12.3 Å². The molecule has 0 aliphatic carbocycles. The maximum absolute atomic E-state index is 5.85. The minimum absolute atomic E-state index is 0.191. The van der Waals surface area contributed by atoms with Crippen LogP contribution in [0.5, 0.6) is 0 Å². The van der Waals surface area contributed by atoms with Gasteiger partial charge in [0.1, 0.15) is 18.3 Å². The summed E-state index contributed by atoms with van der Waals surface area (Å²) in [5.41, 5.74) is 5.60. The number of nitrogen functional groups attached to an aromatic ring is 1. The van der Waals surface area contributed by atoms with Crippen molar-refractivity contribution in [1.29, 1.82) is 0 Å². The Labute approximate surface area is 121 Å². The fraction of sp³-hybridized carbons (Fsp3) is 0.615. The Bertz CT molecular complexity index is 516. The van der Waals surface area contributed by atoms with Gasteiger partial charge in [-0.05, 0) is 19.9 Å². The number of hydrogen-bond donors (Lipinski definition) is 1. The van der Waals surface area contributed by atoms with Crippen LogP contribution in [0.25, 0.3) is 6.08 Å². The van der Waals surface area contributed by atoms with Gasteiger partial charge in [-0.15, -0.1) is 0 Å². The van der Waals surface area contributed by atoms with Crippen LogP contribution in [0.2, 0.25) is 0 Å². The largest absolute Gasteiger partial charge is 0.375 e. The number of nitrogens with two attached hydrogens (primary N) is 1. The van der Waals surface area contributed by atoms with Crippen LogP contribution in [0, 0.1) is 0 Å². The van der Waals surface area contributed by atoms with Gasteiger partial charge in [-0.2, -0.15) is 0 Å². The van der Waals surface area contributed by atoms with E-state index < -0.39 is 12.1 Å². The van der Waals surface area contributed by atoms with E-state index in [2.05, 4.69) is 4.98 Å². The van der Waals surface area contributed by atoms with Gasteiger partial charge in [0, 0.05) is 18.2 Å². The Morgan fingerprint density at radius 3 is 2.90 bits per heavy atom. The first kappa shape index (κ1) is 14.0. The molecule has 2 aliphatic rings. The maximum atomic E-state index is 5.85. The minimum Gasteiger partial charge on any atom is -0.375 e. The number of fused-ring (bicyclic) bond motifs is 1. The fourth-order valence-electron chi connectivity index (χ4n) is 2.49. The molecule has 2 N–H and O–H groups in total. The van der Waals surface area contributed by atoms with Gasteiger partial charge in [-0.1, -0.05) is 17.4 Å². The molecule has 1 aromatic heterocycles. The van der Waals surface area contributed by atoms with E-state index in [9.17, 15) is 0 Å². The van der Waals surface area contributed by atoms with Crippen molar-refractivity contribution in [1.82, 2.24) is 4.98 Å². The van der Waals surface area contributed by atoms with Gasteiger partial charge in [0.05, 0.1) is 0 Å². The zero-order valence-electron chi connectivity index (χ0n) is 11.6.